The van der Waals surface area contributed by atoms with Gasteiger partial charge in [0.2, 0.25) is 5.91 Å². The Morgan fingerprint density at radius 3 is 2.74 bits per heavy atom. The molecule has 1 aromatic rings. The van der Waals surface area contributed by atoms with Crippen LogP contribution in [0.3, 0.4) is 0 Å². The van der Waals surface area contributed by atoms with Crippen molar-refractivity contribution in [1.82, 2.24) is 4.90 Å². The lowest BCUT2D eigenvalue weighted by Gasteiger charge is -2.23. The van der Waals surface area contributed by atoms with Crippen LogP contribution in [0.2, 0.25) is 0 Å². The molecule has 0 spiro atoms. The first-order valence-electron chi connectivity index (χ1n) is 9.37. The number of rotatable bonds is 10. The van der Waals surface area contributed by atoms with Crippen LogP contribution < -0.4 is 0 Å². The lowest BCUT2D eigenvalue weighted by molar-refractivity contribution is -0.128. The standard InChI is InChI=1S/C21H29NO5/c1-26-15-3-4-19(23)11-9-18-10-12-20(24)22(18)14-13-16-5-7-17(8-6-16)21(25)27-2/h5-9,11,18-19,23H,3-4,10,12-15H2,1-2H3/b11-9+/t18-,19-/m0/s1. The van der Waals surface area contributed by atoms with Gasteiger partial charge < -0.3 is 19.5 Å². The quantitative estimate of drug-likeness (QED) is 0.386. The van der Waals surface area contributed by atoms with Crippen molar-refractivity contribution >= 4 is 11.9 Å². The summed E-state index contributed by atoms with van der Waals surface area (Å²) in [6.07, 6.45) is 6.71. The van der Waals surface area contributed by atoms with Crippen LogP contribution in [-0.4, -0.2) is 61.4 Å². The summed E-state index contributed by atoms with van der Waals surface area (Å²) in [5.74, 6) is -0.213. The monoisotopic (exact) mass is 375 g/mol. The molecule has 2 atom stereocenters. The average molecular weight is 375 g/mol. The zero-order valence-corrected chi connectivity index (χ0v) is 16.1. The van der Waals surface area contributed by atoms with Gasteiger partial charge in [0.15, 0.2) is 0 Å². The van der Waals surface area contributed by atoms with Gasteiger partial charge in [-0.15, -0.1) is 0 Å². The molecule has 1 aromatic carbocycles. The summed E-state index contributed by atoms with van der Waals surface area (Å²) in [6, 6.07) is 7.28. The van der Waals surface area contributed by atoms with Gasteiger partial charge in [-0.3, -0.25) is 4.79 Å². The summed E-state index contributed by atoms with van der Waals surface area (Å²) < 4.78 is 9.68. The zero-order valence-electron chi connectivity index (χ0n) is 16.1. The Hall–Kier alpha value is -2.18. The normalized spacial score (nSPS) is 18.3. The average Bonchev–Trinajstić information content (AvgIpc) is 3.04. The number of aliphatic hydroxyl groups is 1. The molecule has 6 nitrogen and oxygen atoms in total. The number of nitrogens with zero attached hydrogens (tertiary/aromatic N) is 1. The molecule has 1 N–H and O–H groups in total. The van der Waals surface area contributed by atoms with E-state index in [0.717, 1.165) is 18.4 Å². The predicted molar refractivity (Wildman–Crippen MR) is 102 cm³/mol. The number of carbonyl (C=O) groups excluding carboxylic acids is 2. The lowest BCUT2D eigenvalue weighted by Crippen LogP contribution is -2.33. The first kappa shape index (κ1) is 21.1. The summed E-state index contributed by atoms with van der Waals surface area (Å²) in [5.41, 5.74) is 1.58. The van der Waals surface area contributed by atoms with Gasteiger partial charge in [0.1, 0.15) is 0 Å². The van der Waals surface area contributed by atoms with Crippen molar-refractivity contribution in [2.45, 2.75) is 44.2 Å². The van der Waals surface area contributed by atoms with Gasteiger partial charge in [0.25, 0.3) is 0 Å². The van der Waals surface area contributed by atoms with E-state index < -0.39 is 6.10 Å². The number of aliphatic hydroxyl groups excluding tert-OH is 1. The van der Waals surface area contributed by atoms with Crippen molar-refractivity contribution in [3.05, 3.63) is 47.5 Å². The Balaban J connectivity index is 1.87. The molecule has 1 heterocycles. The van der Waals surface area contributed by atoms with E-state index in [-0.39, 0.29) is 17.9 Å². The van der Waals surface area contributed by atoms with Crippen molar-refractivity contribution in [2.75, 3.05) is 27.4 Å². The van der Waals surface area contributed by atoms with E-state index in [1.807, 2.05) is 23.1 Å². The van der Waals surface area contributed by atoms with Crippen LogP contribution in [0.25, 0.3) is 0 Å². The Labute approximate surface area is 160 Å². The van der Waals surface area contributed by atoms with Gasteiger partial charge >= 0.3 is 5.97 Å². The number of hydrogen-bond donors (Lipinski definition) is 1. The fourth-order valence-corrected chi connectivity index (χ4v) is 3.21. The van der Waals surface area contributed by atoms with Gasteiger partial charge in [-0.25, -0.2) is 4.79 Å². The molecule has 0 radical (unpaired) electrons. The van der Waals surface area contributed by atoms with Crippen LogP contribution in [0, 0.1) is 0 Å². The molecule has 0 aliphatic carbocycles. The lowest BCUT2D eigenvalue weighted by atomic mass is 10.1. The van der Waals surface area contributed by atoms with Gasteiger partial charge in [0.05, 0.1) is 24.8 Å². The summed E-state index contributed by atoms with van der Waals surface area (Å²) in [4.78, 5) is 25.5. The van der Waals surface area contributed by atoms with Crippen LogP contribution in [0.15, 0.2) is 36.4 Å². The Morgan fingerprint density at radius 2 is 2.07 bits per heavy atom. The van der Waals surface area contributed by atoms with Gasteiger partial charge in [-0.05, 0) is 43.4 Å². The Bertz CT molecular complexity index is 640. The predicted octanol–water partition coefficient (Wildman–Crippen LogP) is 2.35. The largest absolute Gasteiger partial charge is 0.465 e. The molecule has 1 saturated heterocycles. The zero-order chi connectivity index (χ0) is 19.6. The SMILES string of the molecule is COCCC[C@H](O)/C=C/[C@H]1CCC(=O)N1CCc1ccc(C(=O)OC)cc1. The smallest absolute Gasteiger partial charge is 0.337 e. The molecule has 0 saturated carbocycles. The number of benzene rings is 1. The fraction of sp³-hybridized carbons (Fsp3) is 0.524. The van der Waals surface area contributed by atoms with E-state index in [9.17, 15) is 14.7 Å². The molecule has 0 bridgehead atoms. The molecule has 27 heavy (non-hydrogen) atoms. The highest BCUT2D eigenvalue weighted by Crippen LogP contribution is 2.21. The summed E-state index contributed by atoms with van der Waals surface area (Å²) >= 11 is 0. The van der Waals surface area contributed by atoms with Crippen LogP contribution in [0.1, 0.15) is 41.6 Å². The molecule has 1 amide bonds. The van der Waals surface area contributed by atoms with Crippen LogP contribution in [0.5, 0.6) is 0 Å². The molecule has 1 aliphatic rings. The van der Waals surface area contributed by atoms with Crippen molar-refractivity contribution < 1.29 is 24.2 Å². The molecule has 6 heteroatoms. The summed E-state index contributed by atoms with van der Waals surface area (Å²) in [6.45, 7) is 1.25. The highest BCUT2D eigenvalue weighted by molar-refractivity contribution is 5.89. The summed E-state index contributed by atoms with van der Waals surface area (Å²) in [7, 11) is 3.00. The van der Waals surface area contributed by atoms with E-state index in [2.05, 4.69) is 0 Å². The van der Waals surface area contributed by atoms with Gasteiger partial charge in [-0.2, -0.15) is 0 Å². The molecule has 0 unspecified atom stereocenters. The second-order valence-corrected chi connectivity index (χ2v) is 6.72. The first-order valence-corrected chi connectivity index (χ1v) is 9.37. The van der Waals surface area contributed by atoms with Crippen LogP contribution in [-0.2, 0) is 20.7 Å². The van der Waals surface area contributed by atoms with E-state index >= 15 is 0 Å². The number of carbonyl (C=O) groups is 2. The minimum absolute atomic E-state index is 0.0314. The fourth-order valence-electron chi connectivity index (χ4n) is 3.21. The van der Waals surface area contributed by atoms with Crippen LogP contribution in [0.4, 0.5) is 0 Å². The second-order valence-electron chi connectivity index (χ2n) is 6.72. The first-order chi connectivity index (χ1) is 13.0. The number of methoxy groups -OCH3 is 2. The van der Waals surface area contributed by atoms with Crippen LogP contribution >= 0.6 is 0 Å². The highest BCUT2D eigenvalue weighted by atomic mass is 16.5. The number of likely N-dealkylation sites (tertiary alicyclic amines) is 1. The maximum absolute atomic E-state index is 12.2. The molecular formula is C21H29NO5. The third-order valence-electron chi connectivity index (χ3n) is 4.79. The van der Waals surface area contributed by atoms with E-state index in [1.54, 1.807) is 25.3 Å². The number of hydrogen-bond acceptors (Lipinski definition) is 5. The molecule has 1 aliphatic heterocycles. The molecular weight excluding hydrogens is 346 g/mol. The van der Waals surface area contributed by atoms with Gasteiger partial charge in [-0.1, -0.05) is 24.3 Å². The molecule has 1 fully saturated rings. The van der Waals surface area contributed by atoms with E-state index in [0.29, 0.717) is 38.0 Å². The minimum Gasteiger partial charge on any atom is -0.465 e. The van der Waals surface area contributed by atoms with Crippen molar-refractivity contribution in [1.29, 1.82) is 0 Å². The van der Waals surface area contributed by atoms with E-state index in [1.165, 1.54) is 7.11 Å². The second kappa shape index (κ2) is 10.8. The van der Waals surface area contributed by atoms with Gasteiger partial charge in [0, 0.05) is 26.7 Å². The number of ether oxygens (including phenoxy) is 2. The Kier molecular flexibility index (Phi) is 8.48. The number of esters is 1. The molecule has 148 valence electrons. The van der Waals surface area contributed by atoms with Crippen molar-refractivity contribution in [3.63, 3.8) is 0 Å². The third-order valence-corrected chi connectivity index (χ3v) is 4.79. The minimum atomic E-state index is -0.511. The molecule has 0 aromatic heterocycles. The maximum atomic E-state index is 12.2. The third kappa shape index (κ3) is 6.48. The number of amides is 1. The van der Waals surface area contributed by atoms with Crippen molar-refractivity contribution in [2.24, 2.45) is 0 Å². The van der Waals surface area contributed by atoms with E-state index in [4.69, 9.17) is 9.47 Å². The topological polar surface area (TPSA) is 76.1 Å². The maximum Gasteiger partial charge on any atom is 0.337 e. The van der Waals surface area contributed by atoms with Crippen molar-refractivity contribution in [3.8, 4) is 0 Å². The summed E-state index contributed by atoms with van der Waals surface area (Å²) in [5, 5.41) is 10.0. The highest BCUT2D eigenvalue weighted by Gasteiger charge is 2.28. The molecule has 2 rings (SSSR count). The Morgan fingerprint density at radius 1 is 1.33 bits per heavy atom.